The van der Waals surface area contributed by atoms with Crippen LogP contribution in [-0.4, -0.2) is 16.3 Å². The third kappa shape index (κ3) is 4.56. The van der Waals surface area contributed by atoms with Gasteiger partial charge in [-0.05, 0) is 19.3 Å². The summed E-state index contributed by atoms with van der Waals surface area (Å²) in [5, 5.41) is 7.77. The van der Waals surface area contributed by atoms with E-state index in [2.05, 4.69) is 38.1 Å². The Hall–Kier alpha value is -0.700. The maximum absolute atomic E-state index is 4.46. The summed E-state index contributed by atoms with van der Waals surface area (Å²) in [5.41, 5.74) is 0. The van der Waals surface area contributed by atoms with Gasteiger partial charge in [-0.25, -0.2) is 0 Å². The number of nitrogens with one attached hydrogen (secondary N) is 1. The SMILES string of the molecule is CCC(C)n1ccc(NCC(C)C)n1.Cl. The molecule has 1 rings (SSSR count). The summed E-state index contributed by atoms with van der Waals surface area (Å²) in [6, 6.07) is 2.53. The number of aromatic nitrogens is 2. The van der Waals surface area contributed by atoms with Gasteiger partial charge in [-0.3, -0.25) is 4.68 Å². The van der Waals surface area contributed by atoms with E-state index >= 15 is 0 Å². The van der Waals surface area contributed by atoms with Crippen molar-refractivity contribution in [2.24, 2.45) is 5.92 Å². The first-order valence-corrected chi connectivity index (χ1v) is 5.42. The molecular weight excluding hydrogens is 210 g/mol. The van der Waals surface area contributed by atoms with Crippen LogP contribution in [0.15, 0.2) is 12.3 Å². The molecule has 0 aliphatic carbocycles. The van der Waals surface area contributed by atoms with Crippen molar-refractivity contribution in [3.63, 3.8) is 0 Å². The van der Waals surface area contributed by atoms with Crippen molar-refractivity contribution in [2.45, 2.75) is 40.2 Å². The molecule has 0 saturated carbocycles. The molecule has 1 aromatic rings. The van der Waals surface area contributed by atoms with Gasteiger partial charge in [0.05, 0.1) is 0 Å². The highest BCUT2D eigenvalue weighted by Crippen LogP contribution is 2.11. The average Bonchev–Trinajstić information content (AvgIpc) is 2.62. The van der Waals surface area contributed by atoms with E-state index in [1.165, 1.54) is 0 Å². The Morgan fingerprint density at radius 1 is 1.40 bits per heavy atom. The quantitative estimate of drug-likeness (QED) is 0.843. The standard InChI is InChI=1S/C11H21N3.ClH/c1-5-10(4)14-7-6-11(13-14)12-8-9(2)3;/h6-7,9-10H,5,8H2,1-4H3,(H,12,13);1H. The van der Waals surface area contributed by atoms with Crippen LogP contribution in [-0.2, 0) is 0 Å². The number of anilines is 1. The second-order valence-corrected chi connectivity index (χ2v) is 4.21. The minimum atomic E-state index is 0. The van der Waals surface area contributed by atoms with Crippen molar-refractivity contribution in [3.05, 3.63) is 12.3 Å². The summed E-state index contributed by atoms with van der Waals surface area (Å²) >= 11 is 0. The van der Waals surface area contributed by atoms with Crippen LogP contribution >= 0.6 is 12.4 Å². The second kappa shape index (κ2) is 6.72. The zero-order chi connectivity index (χ0) is 10.6. The molecule has 1 heterocycles. The highest BCUT2D eigenvalue weighted by molar-refractivity contribution is 5.85. The number of halogens is 1. The third-order valence-corrected chi connectivity index (χ3v) is 2.34. The molecule has 1 atom stereocenters. The minimum Gasteiger partial charge on any atom is -0.368 e. The molecule has 0 aliphatic heterocycles. The lowest BCUT2D eigenvalue weighted by Crippen LogP contribution is -2.10. The van der Waals surface area contributed by atoms with Gasteiger partial charge in [-0.1, -0.05) is 20.8 Å². The zero-order valence-corrected chi connectivity index (χ0v) is 10.8. The number of hydrogen-bond donors (Lipinski definition) is 1. The van der Waals surface area contributed by atoms with Gasteiger partial charge in [0.15, 0.2) is 0 Å². The van der Waals surface area contributed by atoms with Gasteiger partial charge in [0, 0.05) is 24.8 Å². The van der Waals surface area contributed by atoms with Crippen LogP contribution < -0.4 is 5.32 Å². The molecule has 0 aliphatic rings. The number of hydrogen-bond acceptors (Lipinski definition) is 2. The van der Waals surface area contributed by atoms with Crippen LogP contribution in [0.3, 0.4) is 0 Å². The molecule has 1 aromatic heterocycles. The van der Waals surface area contributed by atoms with Crippen molar-refractivity contribution in [2.75, 3.05) is 11.9 Å². The summed E-state index contributed by atoms with van der Waals surface area (Å²) in [6.45, 7) is 9.72. The largest absolute Gasteiger partial charge is 0.368 e. The molecule has 4 heteroatoms. The Kier molecular flexibility index (Phi) is 6.41. The van der Waals surface area contributed by atoms with Crippen molar-refractivity contribution in [1.29, 1.82) is 0 Å². The molecule has 0 radical (unpaired) electrons. The maximum Gasteiger partial charge on any atom is 0.148 e. The zero-order valence-electron chi connectivity index (χ0n) is 10.0. The van der Waals surface area contributed by atoms with Gasteiger partial charge in [0.2, 0.25) is 0 Å². The van der Waals surface area contributed by atoms with E-state index in [-0.39, 0.29) is 12.4 Å². The van der Waals surface area contributed by atoms with Crippen molar-refractivity contribution in [1.82, 2.24) is 9.78 Å². The van der Waals surface area contributed by atoms with E-state index in [0.29, 0.717) is 12.0 Å². The molecule has 1 N–H and O–H groups in total. The van der Waals surface area contributed by atoms with Crippen LogP contribution in [0.2, 0.25) is 0 Å². The lowest BCUT2D eigenvalue weighted by molar-refractivity contribution is 0.478. The predicted octanol–water partition coefficient (Wildman–Crippen LogP) is 3.34. The van der Waals surface area contributed by atoms with Crippen LogP contribution in [0.4, 0.5) is 5.82 Å². The van der Waals surface area contributed by atoms with E-state index < -0.39 is 0 Å². The molecular formula is C11H22ClN3. The van der Waals surface area contributed by atoms with Crippen molar-refractivity contribution < 1.29 is 0 Å². The monoisotopic (exact) mass is 231 g/mol. The van der Waals surface area contributed by atoms with Gasteiger partial charge in [0.1, 0.15) is 5.82 Å². The lowest BCUT2D eigenvalue weighted by Gasteiger charge is -2.09. The predicted molar refractivity (Wildman–Crippen MR) is 67.8 cm³/mol. The highest BCUT2D eigenvalue weighted by atomic mass is 35.5. The maximum atomic E-state index is 4.46. The van der Waals surface area contributed by atoms with Crippen LogP contribution in [0.1, 0.15) is 40.2 Å². The Morgan fingerprint density at radius 3 is 2.60 bits per heavy atom. The van der Waals surface area contributed by atoms with E-state index in [0.717, 1.165) is 18.8 Å². The first-order chi connectivity index (χ1) is 6.63. The molecule has 1 unspecified atom stereocenters. The van der Waals surface area contributed by atoms with Crippen molar-refractivity contribution >= 4 is 18.2 Å². The molecule has 0 bridgehead atoms. The first kappa shape index (κ1) is 14.3. The molecule has 0 aromatic carbocycles. The van der Waals surface area contributed by atoms with E-state index in [1.807, 2.05) is 16.9 Å². The van der Waals surface area contributed by atoms with Gasteiger partial charge in [-0.15, -0.1) is 12.4 Å². The van der Waals surface area contributed by atoms with E-state index in [9.17, 15) is 0 Å². The summed E-state index contributed by atoms with van der Waals surface area (Å²) in [6.07, 6.45) is 3.15. The topological polar surface area (TPSA) is 29.9 Å². The fraction of sp³-hybridized carbons (Fsp3) is 0.727. The van der Waals surface area contributed by atoms with Crippen molar-refractivity contribution in [3.8, 4) is 0 Å². The molecule has 15 heavy (non-hydrogen) atoms. The number of rotatable bonds is 5. The molecule has 0 fully saturated rings. The minimum absolute atomic E-state index is 0. The van der Waals surface area contributed by atoms with E-state index in [4.69, 9.17) is 0 Å². The summed E-state index contributed by atoms with van der Waals surface area (Å²) in [5.74, 6) is 1.64. The van der Waals surface area contributed by atoms with Gasteiger partial charge in [0.25, 0.3) is 0 Å². The molecule has 3 nitrogen and oxygen atoms in total. The van der Waals surface area contributed by atoms with Crippen LogP contribution in [0.5, 0.6) is 0 Å². The molecule has 0 amide bonds. The number of nitrogens with zero attached hydrogens (tertiary/aromatic N) is 2. The average molecular weight is 232 g/mol. The fourth-order valence-electron chi connectivity index (χ4n) is 1.17. The Balaban J connectivity index is 0.00000196. The summed E-state index contributed by atoms with van der Waals surface area (Å²) in [4.78, 5) is 0. The molecule has 88 valence electrons. The highest BCUT2D eigenvalue weighted by Gasteiger charge is 2.04. The van der Waals surface area contributed by atoms with Gasteiger partial charge >= 0.3 is 0 Å². The smallest absolute Gasteiger partial charge is 0.148 e. The van der Waals surface area contributed by atoms with Crippen LogP contribution in [0.25, 0.3) is 0 Å². The third-order valence-electron chi connectivity index (χ3n) is 2.34. The Bertz CT molecular complexity index is 271. The normalized spacial score (nSPS) is 12.3. The van der Waals surface area contributed by atoms with E-state index in [1.54, 1.807) is 0 Å². The second-order valence-electron chi connectivity index (χ2n) is 4.21. The lowest BCUT2D eigenvalue weighted by atomic mass is 10.2. The Morgan fingerprint density at radius 2 is 2.07 bits per heavy atom. The van der Waals surface area contributed by atoms with Gasteiger partial charge in [-0.2, -0.15) is 5.10 Å². The van der Waals surface area contributed by atoms with Gasteiger partial charge < -0.3 is 5.32 Å². The first-order valence-electron chi connectivity index (χ1n) is 5.42. The molecule has 0 spiro atoms. The summed E-state index contributed by atoms with van der Waals surface area (Å²) < 4.78 is 2.02. The fourth-order valence-corrected chi connectivity index (χ4v) is 1.17. The molecule has 0 saturated heterocycles. The summed E-state index contributed by atoms with van der Waals surface area (Å²) in [7, 11) is 0. The Labute approximate surface area is 98.7 Å². The van der Waals surface area contributed by atoms with Crippen LogP contribution in [0, 0.1) is 5.92 Å².